The number of carbonyl (C=O) groups excluding carboxylic acids is 1. The van der Waals surface area contributed by atoms with Crippen LogP contribution in [0.3, 0.4) is 0 Å². The topological polar surface area (TPSA) is 122 Å². The van der Waals surface area contributed by atoms with Crippen LogP contribution < -0.4 is 24.4 Å². The van der Waals surface area contributed by atoms with E-state index in [4.69, 9.17) is 14.2 Å². The Labute approximate surface area is 272 Å². The highest BCUT2D eigenvalue weighted by Gasteiger charge is 2.33. The fourth-order valence-electron chi connectivity index (χ4n) is 4.74. The maximum absolute atomic E-state index is 14.1. The summed E-state index contributed by atoms with van der Waals surface area (Å²) >= 11 is 8.22. The van der Waals surface area contributed by atoms with Crippen LogP contribution in [0.15, 0.2) is 90.7 Å². The van der Waals surface area contributed by atoms with E-state index in [-0.39, 0.29) is 30.0 Å². The Morgan fingerprint density at radius 1 is 1.11 bits per heavy atom. The molecule has 0 bridgehead atoms. The first-order valence-electron chi connectivity index (χ1n) is 13.3. The molecule has 1 aliphatic rings. The molecule has 0 spiro atoms. The number of hydrogen-bond donors (Lipinski definition) is 0. The van der Waals surface area contributed by atoms with Crippen LogP contribution in [0, 0.1) is 10.1 Å². The second-order valence-corrected chi connectivity index (χ2v) is 12.4. The van der Waals surface area contributed by atoms with E-state index >= 15 is 0 Å². The Bertz CT molecular complexity index is 1980. The molecule has 0 saturated carbocycles. The van der Waals surface area contributed by atoms with Gasteiger partial charge in [0.15, 0.2) is 4.80 Å². The van der Waals surface area contributed by atoms with Gasteiger partial charge in [0.2, 0.25) is 0 Å². The molecule has 0 radical (unpaired) electrons. The molecular weight excluding hydrogens is 718 g/mol. The van der Waals surface area contributed by atoms with Gasteiger partial charge in [0.05, 0.1) is 45.0 Å². The smallest absolute Gasteiger partial charge is 0.338 e. The van der Waals surface area contributed by atoms with Crippen LogP contribution in [-0.4, -0.2) is 29.2 Å². The number of allylic oxidation sites excluding steroid dienone is 1. The molecule has 0 amide bonds. The van der Waals surface area contributed by atoms with Gasteiger partial charge in [-0.1, -0.05) is 33.3 Å². The van der Waals surface area contributed by atoms with Crippen molar-refractivity contribution in [3.05, 3.63) is 127 Å². The predicted molar refractivity (Wildman–Crippen MR) is 173 cm³/mol. The number of esters is 1. The first kappa shape index (κ1) is 31.4. The SMILES string of the molecule is CCOC(=O)C1=C(C)N=c2s/c(=C/c3cc(Br)ccc3OCc3ccc([N+](=O)[O-])cc3)c(=O)n2[C@@H]1c1ccc(OC)c(Br)c1. The maximum Gasteiger partial charge on any atom is 0.338 e. The summed E-state index contributed by atoms with van der Waals surface area (Å²) in [6.45, 7) is 3.79. The summed E-state index contributed by atoms with van der Waals surface area (Å²) < 4.78 is 20.2. The van der Waals surface area contributed by atoms with Crippen molar-refractivity contribution in [1.82, 2.24) is 4.57 Å². The number of non-ortho nitro benzene ring substituents is 1. The van der Waals surface area contributed by atoms with Gasteiger partial charge >= 0.3 is 5.97 Å². The lowest BCUT2D eigenvalue weighted by Gasteiger charge is -2.25. The summed E-state index contributed by atoms with van der Waals surface area (Å²) in [4.78, 5) is 42.9. The van der Waals surface area contributed by atoms with E-state index in [1.165, 1.54) is 28.0 Å². The molecule has 44 heavy (non-hydrogen) atoms. The highest BCUT2D eigenvalue weighted by molar-refractivity contribution is 9.10. The van der Waals surface area contributed by atoms with Crippen LogP contribution in [0.4, 0.5) is 5.69 Å². The summed E-state index contributed by atoms with van der Waals surface area (Å²) in [7, 11) is 1.56. The van der Waals surface area contributed by atoms with Crippen LogP contribution in [-0.2, 0) is 16.1 Å². The molecule has 0 N–H and O–H groups in total. The van der Waals surface area contributed by atoms with Crippen molar-refractivity contribution < 1.29 is 23.9 Å². The van der Waals surface area contributed by atoms with E-state index in [0.717, 1.165) is 10.0 Å². The van der Waals surface area contributed by atoms with Crippen LogP contribution in [0.1, 0.15) is 36.6 Å². The van der Waals surface area contributed by atoms with Gasteiger partial charge in [-0.2, -0.15) is 0 Å². The number of carbonyl (C=O) groups is 1. The molecule has 2 heterocycles. The third-order valence-corrected chi connectivity index (χ3v) is 8.90. The molecule has 1 atom stereocenters. The zero-order valence-electron chi connectivity index (χ0n) is 23.7. The Morgan fingerprint density at radius 2 is 1.84 bits per heavy atom. The van der Waals surface area contributed by atoms with E-state index in [9.17, 15) is 19.7 Å². The number of nitro groups is 1. The van der Waals surface area contributed by atoms with E-state index in [1.54, 1.807) is 51.3 Å². The second-order valence-electron chi connectivity index (χ2n) is 9.59. The molecule has 0 aliphatic carbocycles. The Balaban J connectivity index is 1.59. The third kappa shape index (κ3) is 6.40. The summed E-state index contributed by atoms with van der Waals surface area (Å²) in [5, 5.41) is 11.0. The maximum atomic E-state index is 14.1. The highest BCUT2D eigenvalue weighted by atomic mass is 79.9. The minimum Gasteiger partial charge on any atom is -0.496 e. The number of halogens is 2. The second kappa shape index (κ2) is 13.3. The number of nitrogens with zero attached hydrogens (tertiary/aromatic N) is 3. The summed E-state index contributed by atoms with van der Waals surface area (Å²) in [5.41, 5.74) is 2.46. The van der Waals surface area contributed by atoms with Gasteiger partial charge in [-0.05, 0) is 89.4 Å². The number of benzene rings is 3. The van der Waals surface area contributed by atoms with Crippen molar-refractivity contribution >= 4 is 60.9 Å². The first-order valence-corrected chi connectivity index (χ1v) is 15.7. The molecule has 13 heteroatoms. The largest absolute Gasteiger partial charge is 0.496 e. The summed E-state index contributed by atoms with van der Waals surface area (Å²) in [5.74, 6) is 0.570. The van der Waals surface area contributed by atoms with Crippen molar-refractivity contribution in [3.8, 4) is 11.5 Å². The van der Waals surface area contributed by atoms with Gasteiger partial charge in [0.25, 0.3) is 11.2 Å². The van der Waals surface area contributed by atoms with Crippen molar-refractivity contribution in [2.45, 2.75) is 26.5 Å². The minimum atomic E-state index is -0.782. The summed E-state index contributed by atoms with van der Waals surface area (Å²) in [6, 6.07) is 16.2. The van der Waals surface area contributed by atoms with Crippen molar-refractivity contribution in [3.63, 3.8) is 0 Å². The lowest BCUT2D eigenvalue weighted by molar-refractivity contribution is -0.384. The van der Waals surface area contributed by atoms with Gasteiger partial charge in [0, 0.05) is 22.2 Å². The average molecular weight is 743 g/mol. The molecule has 5 rings (SSSR count). The Hall–Kier alpha value is -4.07. The molecule has 1 aliphatic heterocycles. The number of methoxy groups -OCH3 is 1. The summed E-state index contributed by atoms with van der Waals surface area (Å²) in [6.07, 6.45) is 1.73. The number of hydrogen-bond acceptors (Lipinski definition) is 9. The molecule has 3 aromatic carbocycles. The normalized spacial score (nSPS) is 14.6. The van der Waals surface area contributed by atoms with Gasteiger partial charge in [-0.15, -0.1) is 0 Å². The molecule has 0 saturated heterocycles. The van der Waals surface area contributed by atoms with Gasteiger partial charge in [-0.25, -0.2) is 9.79 Å². The highest BCUT2D eigenvalue weighted by Crippen LogP contribution is 2.35. The van der Waals surface area contributed by atoms with E-state index < -0.39 is 16.9 Å². The predicted octanol–water partition coefficient (Wildman–Crippen LogP) is 5.82. The third-order valence-electron chi connectivity index (χ3n) is 6.81. The lowest BCUT2D eigenvalue weighted by Crippen LogP contribution is -2.40. The zero-order valence-corrected chi connectivity index (χ0v) is 27.7. The lowest BCUT2D eigenvalue weighted by atomic mass is 9.96. The van der Waals surface area contributed by atoms with Gasteiger partial charge in [0.1, 0.15) is 18.1 Å². The van der Waals surface area contributed by atoms with E-state index in [0.29, 0.717) is 42.1 Å². The molecule has 4 aromatic rings. The first-order chi connectivity index (χ1) is 21.1. The van der Waals surface area contributed by atoms with Crippen molar-refractivity contribution in [2.24, 2.45) is 4.99 Å². The van der Waals surface area contributed by atoms with Gasteiger partial charge in [-0.3, -0.25) is 19.5 Å². The van der Waals surface area contributed by atoms with E-state index in [1.807, 2.05) is 24.3 Å². The Morgan fingerprint density at radius 3 is 2.50 bits per heavy atom. The minimum absolute atomic E-state index is 0.00453. The van der Waals surface area contributed by atoms with Crippen LogP contribution in [0.2, 0.25) is 0 Å². The number of ether oxygens (including phenoxy) is 3. The molecule has 0 fully saturated rings. The van der Waals surface area contributed by atoms with Crippen LogP contribution >= 0.6 is 43.2 Å². The Kier molecular flexibility index (Phi) is 9.47. The number of fused-ring (bicyclic) bond motifs is 1. The molecular formula is C31H25Br2N3O7S. The molecule has 1 aromatic heterocycles. The molecule has 0 unspecified atom stereocenters. The zero-order chi connectivity index (χ0) is 31.5. The monoisotopic (exact) mass is 741 g/mol. The number of nitro benzene ring substituents is 1. The number of thiazole rings is 1. The van der Waals surface area contributed by atoms with Crippen LogP contribution in [0.25, 0.3) is 6.08 Å². The fourth-order valence-corrected chi connectivity index (χ4v) is 6.71. The van der Waals surface area contributed by atoms with Crippen LogP contribution in [0.5, 0.6) is 11.5 Å². The molecule has 226 valence electrons. The van der Waals surface area contributed by atoms with E-state index in [2.05, 4.69) is 36.9 Å². The number of aromatic nitrogens is 1. The average Bonchev–Trinajstić information content (AvgIpc) is 3.30. The quantitative estimate of drug-likeness (QED) is 0.120. The molecule has 10 nitrogen and oxygen atoms in total. The number of rotatable bonds is 9. The fraction of sp³-hybridized carbons (Fsp3) is 0.194. The van der Waals surface area contributed by atoms with Crippen molar-refractivity contribution in [2.75, 3.05) is 13.7 Å². The van der Waals surface area contributed by atoms with Crippen molar-refractivity contribution in [1.29, 1.82) is 0 Å². The standard InChI is InChI=1S/C31H25Br2N3O7S/c1-4-42-30(38)27-17(2)34-31-35(28(27)19-7-11-25(41-3)23(33)14-19)29(37)26(44-31)15-20-13-21(32)8-12-24(20)43-16-18-5-9-22(10-6-18)36(39)40/h5-15,28H,4,16H2,1-3H3/b26-15+/t28-/m1/s1. The van der Waals surface area contributed by atoms with Gasteiger partial charge < -0.3 is 14.2 Å².